The average molecular weight is 578 g/mol. The zero-order chi connectivity index (χ0) is 23.0. The van der Waals surface area contributed by atoms with Crippen LogP contribution < -0.4 is 14.9 Å². The second kappa shape index (κ2) is 9.17. The van der Waals surface area contributed by atoms with Crippen LogP contribution in [0.1, 0.15) is 31.0 Å². The van der Waals surface area contributed by atoms with Crippen LogP contribution in [-0.2, 0) is 9.53 Å². The topological polar surface area (TPSA) is 80.9 Å². The third-order valence-corrected chi connectivity index (χ3v) is 6.98. The van der Waals surface area contributed by atoms with Crippen LogP contribution in [0.3, 0.4) is 0 Å². The Balaban J connectivity index is 1.97. The summed E-state index contributed by atoms with van der Waals surface area (Å²) in [6.07, 6.45) is 1.63. The highest BCUT2D eigenvalue weighted by Gasteiger charge is 2.33. The summed E-state index contributed by atoms with van der Waals surface area (Å²) in [6.45, 7) is 3.70. The normalized spacial score (nSPS) is 16.0. The highest BCUT2D eigenvalue weighted by atomic mass is 79.9. The smallest absolute Gasteiger partial charge is 0.338 e. The van der Waals surface area contributed by atoms with Gasteiger partial charge in [0.05, 0.1) is 28.5 Å². The number of carbonyl (C=O) groups excluding carboxylic acids is 1. The van der Waals surface area contributed by atoms with Crippen LogP contribution in [0.2, 0.25) is 0 Å². The first-order valence-electron chi connectivity index (χ1n) is 9.73. The molecule has 1 N–H and O–H groups in total. The zero-order valence-corrected chi connectivity index (χ0v) is 21.1. The number of phenolic OH excluding ortho intramolecular Hbond substituents is 1. The fourth-order valence-electron chi connectivity index (χ4n) is 3.53. The largest absolute Gasteiger partial charge is 0.507 e. The highest BCUT2D eigenvalue weighted by Crippen LogP contribution is 2.31. The maximum absolute atomic E-state index is 13.5. The van der Waals surface area contributed by atoms with E-state index >= 15 is 0 Å². The fraction of sp³-hybridized carbons (Fsp3) is 0.174. The van der Waals surface area contributed by atoms with Gasteiger partial charge in [-0.15, -0.1) is 0 Å². The van der Waals surface area contributed by atoms with E-state index in [2.05, 4.69) is 36.9 Å². The van der Waals surface area contributed by atoms with E-state index in [9.17, 15) is 14.7 Å². The van der Waals surface area contributed by atoms with Gasteiger partial charge in [-0.1, -0.05) is 55.3 Å². The number of allylic oxidation sites excluding steroid dienone is 1. The third kappa shape index (κ3) is 4.24. The van der Waals surface area contributed by atoms with Crippen molar-refractivity contribution < 1.29 is 14.6 Å². The lowest BCUT2D eigenvalue weighted by Gasteiger charge is -2.24. The van der Waals surface area contributed by atoms with E-state index in [0.29, 0.717) is 26.2 Å². The van der Waals surface area contributed by atoms with Crippen LogP contribution >= 0.6 is 43.2 Å². The lowest BCUT2D eigenvalue weighted by Crippen LogP contribution is -2.39. The first kappa shape index (κ1) is 22.7. The quantitative estimate of drug-likeness (QED) is 0.475. The van der Waals surface area contributed by atoms with Crippen molar-refractivity contribution in [1.29, 1.82) is 0 Å². The monoisotopic (exact) mass is 576 g/mol. The van der Waals surface area contributed by atoms with Crippen molar-refractivity contribution in [3.63, 3.8) is 0 Å². The Morgan fingerprint density at radius 1 is 1.22 bits per heavy atom. The van der Waals surface area contributed by atoms with Crippen molar-refractivity contribution in [3.8, 4) is 5.75 Å². The van der Waals surface area contributed by atoms with Crippen molar-refractivity contribution in [1.82, 2.24) is 4.57 Å². The summed E-state index contributed by atoms with van der Waals surface area (Å²) in [4.78, 5) is 31.4. The van der Waals surface area contributed by atoms with Crippen molar-refractivity contribution >= 4 is 55.2 Å². The predicted molar refractivity (Wildman–Crippen MR) is 130 cm³/mol. The Kier molecular flexibility index (Phi) is 6.50. The van der Waals surface area contributed by atoms with E-state index in [4.69, 9.17) is 4.74 Å². The van der Waals surface area contributed by atoms with E-state index in [1.807, 2.05) is 24.3 Å². The molecule has 32 heavy (non-hydrogen) atoms. The maximum Gasteiger partial charge on any atom is 0.338 e. The molecule has 2 heterocycles. The number of phenols is 1. The molecule has 1 unspecified atom stereocenters. The number of aromatic nitrogens is 1. The van der Waals surface area contributed by atoms with Crippen molar-refractivity contribution in [3.05, 3.63) is 93.5 Å². The number of halogens is 2. The molecule has 0 fully saturated rings. The zero-order valence-electron chi connectivity index (χ0n) is 17.1. The predicted octanol–water partition coefficient (Wildman–Crippen LogP) is 4.03. The SMILES string of the molecule is CCOC(=O)C1=C(C)N=c2sc(=Cc3cc(Br)ccc3O)c(=O)n2C1c1ccc(Br)cc1. The van der Waals surface area contributed by atoms with Gasteiger partial charge in [-0.25, -0.2) is 9.79 Å². The number of thiazole rings is 1. The summed E-state index contributed by atoms with van der Waals surface area (Å²) < 4.78 is 8.88. The Bertz CT molecular complexity index is 1420. The number of hydrogen-bond donors (Lipinski definition) is 1. The van der Waals surface area contributed by atoms with Gasteiger partial charge in [0.2, 0.25) is 0 Å². The first-order chi connectivity index (χ1) is 15.3. The molecule has 1 atom stereocenters. The van der Waals surface area contributed by atoms with Gasteiger partial charge in [-0.2, -0.15) is 0 Å². The summed E-state index contributed by atoms with van der Waals surface area (Å²) >= 11 is 8.03. The first-order valence-corrected chi connectivity index (χ1v) is 12.1. The van der Waals surface area contributed by atoms with Gasteiger partial charge >= 0.3 is 5.97 Å². The highest BCUT2D eigenvalue weighted by molar-refractivity contribution is 9.10. The lowest BCUT2D eigenvalue weighted by molar-refractivity contribution is -0.139. The molecule has 4 rings (SSSR count). The van der Waals surface area contributed by atoms with E-state index in [-0.39, 0.29) is 17.9 Å². The summed E-state index contributed by atoms with van der Waals surface area (Å²) in [6, 6.07) is 11.8. The van der Waals surface area contributed by atoms with Gasteiger partial charge in [0.25, 0.3) is 5.56 Å². The van der Waals surface area contributed by atoms with Crippen molar-refractivity contribution in [2.75, 3.05) is 6.61 Å². The molecule has 6 nitrogen and oxygen atoms in total. The van der Waals surface area contributed by atoms with Crippen molar-refractivity contribution in [2.45, 2.75) is 19.9 Å². The van der Waals surface area contributed by atoms with Gasteiger partial charge in [0.15, 0.2) is 4.80 Å². The molecule has 0 spiro atoms. The Labute approximate surface area is 204 Å². The number of carbonyl (C=O) groups is 1. The number of nitrogens with zero attached hydrogens (tertiary/aromatic N) is 2. The molecule has 0 bridgehead atoms. The van der Waals surface area contributed by atoms with Crippen LogP contribution in [0.4, 0.5) is 0 Å². The molecule has 1 aliphatic rings. The van der Waals surface area contributed by atoms with E-state index in [1.165, 1.54) is 15.9 Å². The Morgan fingerprint density at radius 3 is 2.59 bits per heavy atom. The Morgan fingerprint density at radius 2 is 1.91 bits per heavy atom. The van der Waals surface area contributed by atoms with Gasteiger partial charge in [-0.05, 0) is 55.8 Å². The third-order valence-electron chi connectivity index (χ3n) is 4.98. The lowest BCUT2D eigenvalue weighted by atomic mass is 9.96. The minimum absolute atomic E-state index is 0.0619. The standard InChI is InChI=1S/C23H18Br2N2O4S/c1-3-31-22(30)19-12(2)26-23-27(20(19)13-4-6-15(24)7-5-13)21(29)18(32-23)11-14-10-16(25)8-9-17(14)28/h4-11,20,28H,3H2,1-2H3. The second-order valence-electron chi connectivity index (χ2n) is 7.06. The minimum atomic E-state index is -0.670. The number of aromatic hydroxyl groups is 1. The molecule has 164 valence electrons. The van der Waals surface area contributed by atoms with Gasteiger partial charge < -0.3 is 9.84 Å². The van der Waals surface area contributed by atoms with Crippen LogP contribution in [0.5, 0.6) is 5.75 Å². The number of esters is 1. The summed E-state index contributed by atoms with van der Waals surface area (Å²) in [5, 5.41) is 10.2. The van der Waals surface area contributed by atoms with Gasteiger partial charge in [-0.3, -0.25) is 9.36 Å². The van der Waals surface area contributed by atoms with Crippen LogP contribution in [0, 0.1) is 0 Å². The molecule has 0 aliphatic carbocycles. The maximum atomic E-state index is 13.5. The van der Waals surface area contributed by atoms with Crippen LogP contribution in [0.15, 0.2) is 72.5 Å². The van der Waals surface area contributed by atoms with Gasteiger partial charge in [0.1, 0.15) is 5.75 Å². The summed E-state index contributed by atoms with van der Waals surface area (Å²) in [7, 11) is 0. The van der Waals surface area contributed by atoms with Crippen LogP contribution in [0.25, 0.3) is 6.08 Å². The molecule has 0 saturated carbocycles. The Hall–Kier alpha value is -2.49. The van der Waals surface area contributed by atoms with Gasteiger partial charge in [0, 0.05) is 14.5 Å². The molecule has 9 heteroatoms. The van der Waals surface area contributed by atoms with E-state index < -0.39 is 12.0 Å². The van der Waals surface area contributed by atoms with Crippen LogP contribution in [-0.4, -0.2) is 22.2 Å². The average Bonchev–Trinajstić information content (AvgIpc) is 3.05. The molecule has 1 aliphatic heterocycles. The van der Waals surface area contributed by atoms with E-state index in [1.54, 1.807) is 38.1 Å². The molecule has 0 radical (unpaired) electrons. The second-order valence-corrected chi connectivity index (χ2v) is 9.90. The molecular weight excluding hydrogens is 560 g/mol. The van der Waals surface area contributed by atoms with Crippen molar-refractivity contribution in [2.24, 2.45) is 4.99 Å². The number of rotatable bonds is 4. The molecule has 0 amide bonds. The van der Waals surface area contributed by atoms with E-state index in [0.717, 1.165) is 14.5 Å². The fourth-order valence-corrected chi connectivity index (χ4v) is 5.21. The molecule has 3 aromatic rings. The number of benzene rings is 2. The number of ether oxygens (including phenoxy) is 1. The number of fused-ring (bicyclic) bond motifs is 1. The molecule has 2 aromatic carbocycles. The molecular formula is C23H18Br2N2O4S. The minimum Gasteiger partial charge on any atom is -0.507 e. The summed E-state index contributed by atoms with van der Waals surface area (Å²) in [5.74, 6) is -0.438. The molecule has 0 saturated heterocycles. The molecule has 1 aromatic heterocycles. The number of hydrogen-bond acceptors (Lipinski definition) is 6. The summed E-state index contributed by atoms with van der Waals surface area (Å²) in [5.41, 5.74) is 1.82.